The van der Waals surface area contributed by atoms with Gasteiger partial charge in [-0.25, -0.2) is 0 Å². The Morgan fingerprint density at radius 1 is 0.958 bits per heavy atom. The topological polar surface area (TPSA) is 44.9 Å². The first-order valence-electron chi connectivity index (χ1n) is 8.79. The number of rotatable bonds is 3. The van der Waals surface area contributed by atoms with Gasteiger partial charge >= 0.3 is 0 Å². The molecule has 3 nitrogen and oxygen atoms in total. The average Bonchev–Trinajstić information content (AvgIpc) is 3.12. The van der Waals surface area contributed by atoms with Gasteiger partial charge < -0.3 is 10.3 Å². The predicted octanol–water partition coefficient (Wildman–Crippen LogP) is 5.47. The molecule has 0 radical (unpaired) electrons. The summed E-state index contributed by atoms with van der Waals surface area (Å²) >= 11 is 0. The minimum absolute atomic E-state index is 0.0642. The fourth-order valence-corrected chi connectivity index (χ4v) is 3.76. The van der Waals surface area contributed by atoms with Crippen molar-refractivity contribution in [2.24, 2.45) is 0 Å². The molecule has 0 saturated heterocycles. The highest BCUT2D eigenvalue weighted by Gasteiger charge is 2.15. The Hall–Kier alpha value is -2.55. The summed E-state index contributed by atoms with van der Waals surface area (Å²) in [6.07, 6.45) is 8.49. The summed E-state index contributed by atoms with van der Waals surface area (Å²) < 4.78 is 0. The Morgan fingerprint density at radius 3 is 2.54 bits per heavy atom. The molecule has 1 saturated carbocycles. The molecule has 0 unspecified atom stereocenters. The fraction of sp³-hybridized carbons (Fsp3) is 0.286. The van der Waals surface area contributed by atoms with E-state index in [2.05, 4.69) is 22.4 Å². The lowest BCUT2D eigenvalue weighted by molar-refractivity contribution is 0.102. The van der Waals surface area contributed by atoms with Crippen molar-refractivity contribution in [3.8, 4) is 0 Å². The molecule has 24 heavy (non-hydrogen) atoms. The van der Waals surface area contributed by atoms with Crippen LogP contribution >= 0.6 is 0 Å². The van der Waals surface area contributed by atoms with Crippen LogP contribution < -0.4 is 5.32 Å². The number of carbonyl (C=O) groups excluding carboxylic acids is 1. The van der Waals surface area contributed by atoms with E-state index < -0.39 is 0 Å². The zero-order valence-electron chi connectivity index (χ0n) is 13.7. The van der Waals surface area contributed by atoms with E-state index in [1.165, 1.54) is 37.7 Å². The first-order chi connectivity index (χ1) is 11.8. The predicted molar refractivity (Wildman–Crippen MR) is 98.5 cm³/mol. The number of fused-ring (bicyclic) bond motifs is 1. The van der Waals surface area contributed by atoms with Crippen molar-refractivity contribution in [2.75, 3.05) is 5.32 Å². The normalized spacial score (nSPS) is 15.5. The molecule has 3 heteroatoms. The van der Waals surface area contributed by atoms with Gasteiger partial charge in [0, 0.05) is 28.4 Å². The number of carbonyl (C=O) groups is 1. The molecule has 1 heterocycles. The van der Waals surface area contributed by atoms with Crippen LogP contribution in [0, 0.1) is 0 Å². The van der Waals surface area contributed by atoms with E-state index in [9.17, 15) is 4.79 Å². The summed E-state index contributed by atoms with van der Waals surface area (Å²) in [7, 11) is 0. The van der Waals surface area contributed by atoms with E-state index in [0.29, 0.717) is 11.5 Å². The van der Waals surface area contributed by atoms with Gasteiger partial charge in [-0.3, -0.25) is 4.79 Å². The quantitative estimate of drug-likeness (QED) is 0.661. The maximum Gasteiger partial charge on any atom is 0.256 e. The van der Waals surface area contributed by atoms with Gasteiger partial charge in [0.25, 0.3) is 5.91 Å². The van der Waals surface area contributed by atoms with E-state index in [-0.39, 0.29) is 5.91 Å². The standard InChI is InChI=1S/C21H22N2O/c24-21(19-7-4-8-20-18(19)13-14-22-20)23-17-11-9-16(10-12-17)15-5-2-1-3-6-15/h4,7-15,22H,1-3,5-6H2,(H,23,24). The third kappa shape index (κ3) is 2.94. The van der Waals surface area contributed by atoms with E-state index in [1.54, 1.807) is 0 Å². The highest BCUT2D eigenvalue weighted by Crippen LogP contribution is 2.33. The van der Waals surface area contributed by atoms with Gasteiger partial charge in [0.2, 0.25) is 0 Å². The zero-order chi connectivity index (χ0) is 16.4. The molecular formula is C21H22N2O. The number of aromatic nitrogens is 1. The van der Waals surface area contributed by atoms with Crippen molar-refractivity contribution in [1.82, 2.24) is 4.98 Å². The molecule has 4 rings (SSSR count). The summed E-state index contributed by atoms with van der Waals surface area (Å²) in [5.41, 5.74) is 3.94. The second-order valence-electron chi connectivity index (χ2n) is 6.66. The van der Waals surface area contributed by atoms with Crippen LogP contribution in [0.4, 0.5) is 5.69 Å². The Kier molecular flexibility index (Phi) is 4.08. The number of nitrogens with one attached hydrogen (secondary N) is 2. The van der Waals surface area contributed by atoms with Gasteiger partial charge in [0.15, 0.2) is 0 Å². The Balaban J connectivity index is 1.50. The molecule has 1 aliphatic carbocycles. The van der Waals surface area contributed by atoms with Crippen molar-refractivity contribution in [2.45, 2.75) is 38.0 Å². The first kappa shape index (κ1) is 15.0. The maximum atomic E-state index is 12.6. The van der Waals surface area contributed by atoms with Crippen molar-refractivity contribution >= 4 is 22.5 Å². The van der Waals surface area contributed by atoms with Gasteiger partial charge in [-0.05, 0) is 54.7 Å². The van der Waals surface area contributed by atoms with E-state index in [1.807, 2.05) is 42.6 Å². The number of H-pyrrole nitrogens is 1. The van der Waals surface area contributed by atoms with Crippen molar-refractivity contribution in [3.63, 3.8) is 0 Å². The Morgan fingerprint density at radius 2 is 1.75 bits per heavy atom. The van der Waals surface area contributed by atoms with Crippen LogP contribution in [0.5, 0.6) is 0 Å². The number of hydrogen-bond donors (Lipinski definition) is 2. The third-order valence-electron chi connectivity index (χ3n) is 5.08. The number of benzene rings is 2. The number of amides is 1. The van der Waals surface area contributed by atoms with Crippen LogP contribution in [0.3, 0.4) is 0 Å². The van der Waals surface area contributed by atoms with Gasteiger partial charge in [-0.15, -0.1) is 0 Å². The van der Waals surface area contributed by atoms with Gasteiger partial charge in [-0.2, -0.15) is 0 Å². The van der Waals surface area contributed by atoms with Crippen LogP contribution in [0.15, 0.2) is 54.7 Å². The molecule has 1 fully saturated rings. The van der Waals surface area contributed by atoms with Crippen LogP contribution in [-0.2, 0) is 0 Å². The van der Waals surface area contributed by atoms with Crippen molar-refractivity contribution < 1.29 is 4.79 Å². The molecule has 1 aliphatic rings. The molecule has 2 N–H and O–H groups in total. The smallest absolute Gasteiger partial charge is 0.256 e. The van der Waals surface area contributed by atoms with Gasteiger partial charge in [0.1, 0.15) is 0 Å². The average molecular weight is 318 g/mol. The van der Waals surface area contributed by atoms with Gasteiger partial charge in [0.05, 0.1) is 0 Å². The highest BCUT2D eigenvalue weighted by molar-refractivity contribution is 6.12. The fourth-order valence-electron chi connectivity index (χ4n) is 3.76. The lowest BCUT2D eigenvalue weighted by Crippen LogP contribution is -2.12. The van der Waals surface area contributed by atoms with E-state index >= 15 is 0 Å². The van der Waals surface area contributed by atoms with Crippen LogP contribution in [0.2, 0.25) is 0 Å². The highest BCUT2D eigenvalue weighted by atomic mass is 16.1. The van der Waals surface area contributed by atoms with Crippen LogP contribution in [0.1, 0.15) is 53.9 Å². The second kappa shape index (κ2) is 6.52. The summed E-state index contributed by atoms with van der Waals surface area (Å²) in [6.45, 7) is 0. The molecule has 0 atom stereocenters. The Labute approximate surface area is 142 Å². The number of hydrogen-bond acceptors (Lipinski definition) is 1. The SMILES string of the molecule is O=C(Nc1ccc(C2CCCCC2)cc1)c1cccc2[nH]ccc12. The molecule has 122 valence electrons. The van der Waals surface area contributed by atoms with Crippen LogP contribution in [0.25, 0.3) is 10.9 Å². The monoisotopic (exact) mass is 318 g/mol. The zero-order valence-corrected chi connectivity index (χ0v) is 13.7. The molecule has 2 aromatic carbocycles. The summed E-state index contributed by atoms with van der Waals surface area (Å²) in [5.74, 6) is 0.628. The lowest BCUT2D eigenvalue weighted by Gasteiger charge is -2.22. The summed E-state index contributed by atoms with van der Waals surface area (Å²) in [6, 6.07) is 16.1. The summed E-state index contributed by atoms with van der Waals surface area (Å²) in [5, 5.41) is 3.97. The van der Waals surface area contributed by atoms with Gasteiger partial charge in [-0.1, -0.05) is 37.5 Å². The largest absolute Gasteiger partial charge is 0.361 e. The lowest BCUT2D eigenvalue weighted by atomic mass is 9.84. The van der Waals surface area contributed by atoms with Crippen molar-refractivity contribution in [1.29, 1.82) is 0 Å². The minimum atomic E-state index is -0.0642. The second-order valence-corrected chi connectivity index (χ2v) is 6.66. The summed E-state index contributed by atoms with van der Waals surface area (Å²) in [4.78, 5) is 15.7. The van der Waals surface area contributed by atoms with Crippen LogP contribution in [-0.4, -0.2) is 10.9 Å². The maximum absolute atomic E-state index is 12.6. The molecule has 1 aromatic heterocycles. The molecule has 3 aromatic rings. The molecular weight excluding hydrogens is 296 g/mol. The third-order valence-corrected chi connectivity index (χ3v) is 5.08. The first-order valence-corrected chi connectivity index (χ1v) is 8.79. The number of aromatic amines is 1. The number of anilines is 1. The van der Waals surface area contributed by atoms with E-state index in [4.69, 9.17) is 0 Å². The minimum Gasteiger partial charge on any atom is -0.361 e. The molecule has 0 aliphatic heterocycles. The Bertz CT molecular complexity index is 842. The van der Waals surface area contributed by atoms with E-state index in [0.717, 1.165) is 16.6 Å². The molecule has 1 amide bonds. The van der Waals surface area contributed by atoms with Crippen molar-refractivity contribution in [3.05, 3.63) is 65.9 Å². The molecule has 0 bridgehead atoms. The molecule has 0 spiro atoms.